The van der Waals surface area contributed by atoms with Gasteiger partial charge in [-0.2, -0.15) is 13.2 Å². The molecule has 23 heavy (non-hydrogen) atoms. The number of pyridine rings is 1. The number of alkyl halides is 3. The number of carbonyl (C=O) groups is 2. The zero-order chi connectivity index (χ0) is 17.0. The van der Waals surface area contributed by atoms with Crippen molar-refractivity contribution in [1.29, 1.82) is 0 Å². The van der Waals surface area contributed by atoms with E-state index in [1.165, 1.54) is 25.5 Å². The molecule has 122 valence electrons. The molecule has 2 amide bonds. The number of carbonyl (C=O) groups excluding carboxylic acids is 2. The molecule has 2 aromatic rings. The minimum Gasteiger partial charge on any atom is -0.472 e. The lowest BCUT2D eigenvalue weighted by Gasteiger charge is -2.14. The first-order valence-corrected chi connectivity index (χ1v) is 6.44. The highest BCUT2D eigenvalue weighted by Gasteiger charge is 2.31. The van der Waals surface area contributed by atoms with Gasteiger partial charge >= 0.3 is 6.18 Å². The van der Waals surface area contributed by atoms with Crippen LogP contribution in [0.3, 0.4) is 0 Å². The van der Waals surface area contributed by atoms with Gasteiger partial charge in [-0.15, -0.1) is 0 Å². The molecule has 0 bridgehead atoms. The molecule has 1 atom stereocenters. The number of rotatable bonds is 4. The second-order valence-electron chi connectivity index (χ2n) is 4.62. The Kier molecular flexibility index (Phi) is 4.68. The number of anilines is 1. The van der Waals surface area contributed by atoms with E-state index in [9.17, 15) is 22.8 Å². The minimum absolute atomic E-state index is 0.224. The largest absolute Gasteiger partial charge is 0.472 e. The fourth-order valence-electron chi connectivity index (χ4n) is 1.65. The fraction of sp³-hybridized carbons (Fsp3) is 0.214. The van der Waals surface area contributed by atoms with Crippen LogP contribution in [0, 0.1) is 0 Å². The van der Waals surface area contributed by atoms with E-state index in [-0.39, 0.29) is 11.4 Å². The molecule has 2 aromatic heterocycles. The molecule has 0 aliphatic heterocycles. The molecule has 0 saturated heterocycles. The van der Waals surface area contributed by atoms with Gasteiger partial charge in [0.25, 0.3) is 5.91 Å². The van der Waals surface area contributed by atoms with Gasteiger partial charge < -0.3 is 15.1 Å². The summed E-state index contributed by atoms with van der Waals surface area (Å²) in [5.41, 5.74) is -0.709. The van der Waals surface area contributed by atoms with Gasteiger partial charge in [0, 0.05) is 6.20 Å². The fourth-order valence-corrected chi connectivity index (χ4v) is 1.65. The van der Waals surface area contributed by atoms with E-state index in [2.05, 4.69) is 15.6 Å². The maximum atomic E-state index is 12.6. The van der Waals surface area contributed by atoms with Crippen molar-refractivity contribution in [3.05, 3.63) is 48.0 Å². The van der Waals surface area contributed by atoms with Crippen LogP contribution in [0.4, 0.5) is 19.0 Å². The van der Waals surface area contributed by atoms with E-state index < -0.39 is 29.6 Å². The van der Waals surface area contributed by atoms with Crippen LogP contribution in [0.5, 0.6) is 0 Å². The number of hydrogen-bond acceptors (Lipinski definition) is 4. The standard InChI is InChI=1S/C14H12F3N3O3/c1-8(19-13(22)9-3-5-23-7-9)12(21)20-11-6-10(2-4-18-11)14(15,16)17/h2-8H,1H3,(H,19,22)(H,18,20,21). The number of halogens is 3. The molecule has 0 aliphatic rings. The number of nitrogens with one attached hydrogen (secondary N) is 2. The molecule has 0 aromatic carbocycles. The van der Waals surface area contributed by atoms with Crippen molar-refractivity contribution in [3.8, 4) is 0 Å². The van der Waals surface area contributed by atoms with Gasteiger partial charge in [0.05, 0.1) is 17.4 Å². The van der Waals surface area contributed by atoms with Gasteiger partial charge in [-0.3, -0.25) is 9.59 Å². The maximum absolute atomic E-state index is 12.6. The van der Waals surface area contributed by atoms with Crippen LogP contribution in [0.1, 0.15) is 22.8 Å². The van der Waals surface area contributed by atoms with E-state index in [4.69, 9.17) is 4.42 Å². The molecule has 0 radical (unpaired) electrons. The van der Waals surface area contributed by atoms with E-state index in [1.54, 1.807) is 0 Å². The monoisotopic (exact) mass is 327 g/mol. The first-order valence-electron chi connectivity index (χ1n) is 6.44. The van der Waals surface area contributed by atoms with Crippen molar-refractivity contribution in [3.63, 3.8) is 0 Å². The number of aromatic nitrogens is 1. The van der Waals surface area contributed by atoms with E-state index in [0.717, 1.165) is 12.3 Å². The number of nitrogens with zero attached hydrogens (tertiary/aromatic N) is 1. The topological polar surface area (TPSA) is 84.2 Å². The lowest BCUT2D eigenvalue weighted by Crippen LogP contribution is -2.41. The molecule has 2 rings (SSSR count). The third-order valence-electron chi connectivity index (χ3n) is 2.86. The smallest absolute Gasteiger partial charge is 0.416 e. The van der Waals surface area contributed by atoms with Gasteiger partial charge in [-0.1, -0.05) is 0 Å². The van der Waals surface area contributed by atoms with E-state index >= 15 is 0 Å². The third-order valence-corrected chi connectivity index (χ3v) is 2.86. The normalized spacial score (nSPS) is 12.5. The van der Waals surface area contributed by atoms with Crippen LogP contribution < -0.4 is 10.6 Å². The maximum Gasteiger partial charge on any atom is 0.416 e. The van der Waals surface area contributed by atoms with Crippen LogP contribution in [0.2, 0.25) is 0 Å². The Morgan fingerprint density at radius 3 is 2.65 bits per heavy atom. The third kappa shape index (κ3) is 4.31. The van der Waals surface area contributed by atoms with Gasteiger partial charge in [-0.05, 0) is 25.1 Å². The first kappa shape index (κ1) is 16.5. The van der Waals surface area contributed by atoms with Crippen molar-refractivity contribution in [2.75, 3.05) is 5.32 Å². The quantitative estimate of drug-likeness (QED) is 0.903. The molecule has 2 N–H and O–H groups in total. The zero-order valence-electron chi connectivity index (χ0n) is 11.8. The van der Waals surface area contributed by atoms with Crippen LogP contribution in [0.15, 0.2) is 41.3 Å². The SMILES string of the molecule is CC(NC(=O)c1ccoc1)C(=O)Nc1cc(C(F)(F)F)ccn1. The van der Waals surface area contributed by atoms with E-state index in [1.807, 2.05) is 0 Å². The predicted molar refractivity (Wildman–Crippen MR) is 73.5 cm³/mol. The van der Waals surface area contributed by atoms with Gasteiger partial charge in [0.1, 0.15) is 18.1 Å². The van der Waals surface area contributed by atoms with Crippen molar-refractivity contribution >= 4 is 17.6 Å². The summed E-state index contributed by atoms with van der Waals surface area (Å²) in [6.45, 7) is 1.39. The van der Waals surface area contributed by atoms with Gasteiger partial charge in [0.15, 0.2) is 0 Å². The Morgan fingerprint density at radius 1 is 1.30 bits per heavy atom. The summed E-state index contributed by atoms with van der Waals surface area (Å²) in [5, 5.41) is 4.60. The molecule has 1 unspecified atom stereocenters. The van der Waals surface area contributed by atoms with Crippen LogP contribution >= 0.6 is 0 Å². The molecule has 0 spiro atoms. The van der Waals surface area contributed by atoms with Crippen molar-refractivity contribution in [2.24, 2.45) is 0 Å². The summed E-state index contributed by atoms with van der Waals surface area (Å²) in [6, 6.07) is 1.94. The lowest BCUT2D eigenvalue weighted by atomic mass is 10.2. The zero-order valence-corrected chi connectivity index (χ0v) is 11.8. The summed E-state index contributed by atoms with van der Waals surface area (Å²) in [4.78, 5) is 27.3. The van der Waals surface area contributed by atoms with Crippen molar-refractivity contribution in [1.82, 2.24) is 10.3 Å². The average molecular weight is 327 g/mol. The summed E-state index contributed by atoms with van der Waals surface area (Å²) in [6.07, 6.45) is -1.10. The van der Waals surface area contributed by atoms with E-state index in [0.29, 0.717) is 6.07 Å². The molecular formula is C14H12F3N3O3. The molecule has 9 heteroatoms. The van der Waals surface area contributed by atoms with Crippen LogP contribution in [-0.2, 0) is 11.0 Å². The average Bonchev–Trinajstić information content (AvgIpc) is 3.00. The number of amides is 2. The van der Waals surface area contributed by atoms with Crippen LogP contribution in [0.25, 0.3) is 0 Å². The molecule has 0 aliphatic carbocycles. The predicted octanol–water partition coefficient (Wildman–Crippen LogP) is 2.45. The van der Waals surface area contributed by atoms with Crippen molar-refractivity contribution in [2.45, 2.75) is 19.1 Å². The second kappa shape index (κ2) is 6.51. The Bertz CT molecular complexity index is 699. The molecular weight excluding hydrogens is 315 g/mol. The van der Waals surface area contributed by atoms with Gasteiger partial charge in [-0.25, -0.2) is 4.98 Å². The summed E-state index contributed by atoms with van der Waals surface area (Å²) in [7, 11) is 0. The number of furan rings is 1. The summed E-state index contributed by atoms with van der Waals surface area (Å²) < 4.78 is 42.5. The molecule has 6 nitrogen and oxygen atoms in total. The Morgan fingerprint density at radius 2 is 2.04 bits per heavy atom. The highest BCUT2D eigenvalue weighted by molar-refractivity contribution is 6.00. The minimum atomic E-state index is -4.54. The molecule has 0 fully saturated rings. The lowest BCUT2D eigenvalue weighted by molar-refractivity contribution is -0.137. The Hall–Kier alpha value is -2.84. The second-order valence-corrected chi connectivity index (χ2v) is 4.62. The highest BCUT2D eigenvalue weighted by Crippen LogP contribution is 2.29. The molecule has 0 saturated carbocycles. The van der Waals surface area contributed by atoms with Crippen molar-refractivity contribution < 1.29 is 27.2 Å². The summed E-state index contributed by atoms with van der Waals surface area (Å²) in [5.74, 6) is -1.50. The highest BCUT2D eigenvalue weighted by atomic mass is 19.4. The summed E-state index contributed by atoms with van der Waals surface area (Å²) >= 11 is 0. The number of hydrogen-bond donors (Lipinski definition) is 2. The first-order chi connectivity index (χ1) is 10.8. The van der Waals surface area contributed by atoms with Crippen LogP contribution in [-0.4, -0.2) is 22.8 Å². The Balaban J connectivity index is 2.00. The van der Waals surface area contributed by atoms with Gasteiger partial charge in [0.2, 0.25) is 5.91 Å². The molecule has 2 heterocycles. The Labute approximate surface area is 128 Å².